The molecule has 0 aliphatic rings. The zero-order valence-corrected chi connectivity index (χ0v) is 28.2. The Labute approximate surface area is 294 Å². The Morgan fingerprint density at radius 1 is 0.760 bits per heavy atom. The second-order valence-corrected chi connectivity index (χ2v) is 11.9. The van der Waals surface area contributed by atoms with Gasteiger partial charge < -0.3 is 25.4 Å². The second kappa shape index (κ2) is 17.3. The lowest BCUT2D eigenvalue weighted by molar-refractivity contribution is -0.116. The molecule has 0 radical (unpaired) electrons. The molecule has 1 atom stereocenters. The molecule has 0 aliphatic carbocycles. The van der Waals surface area contributed by atoms with E-state index >= 15 is 0 Å². The maximum absolute atomic E-state index is 13.8. The van der Waals surface area contributed by atoms with E-state index in [2.05, 4.69) is 16.0 Å². The molecule has 5 rings (SSSR count). The zero-order valence-electron chi connectivity index (χ0n) is 27.4. The molecule has 3 amide bonds. The highest BCUT2D eigenvalue weighted by molar-refractivity contribution is 8.00. The van der Waals surface area contributed by atoms with Gasteiger partial charge in [0.2, 0.25) is 5.91 Å². The molecule has 1 unspecified atom stereocenters. The average molecular weight is 686 g/mol. The highest BCUT2D eigenvalue weighted by atomic mass is 32.2. The third-order valence-electron chi connectivity index (χ3n) is 7.32. The van der Waals surface area contributed by atoms with Crippen LogP contribution in [0.5, 0.6) is 5.75 Å². The van der Waals surface area contributed by atoms with Crippen LogP contribution in [-0.4, -0.2) is 37.4 Å². The van der Waals surface area contributed by atoms with E-state index in [0.717, 1.165) is 5.56 Å². The van der Waals surface area contributed by atoms with Gasteiger partial charge in [0.25, 0.3) is 11.8 Å². The number of rotatable bonds is 13. The first-order chi connectivity index (χ1) is 24.4. The van der Waals surface area contributed by atoms with E-state index in [1.165, 1.54) is 18.9 Å². The molecule has 50 heavy (non-hydrogen) atoms. The molecule has 0 aliphatic heterocycles. The molecule has 10 heteroatoms. The molecular formula is C40H35N3O6S. The fourth-order valence-corrected chi connectivity index (χ4v) is 6.03. The number of nitrogens with one attached hydrogen (secondary N) is 3. The number of hydrogen-bond donors (Lipinski definition) is 3. The summed E-state index contributed by atoms with van der Waals surface area (Å²) in [5.41, 5.74) is 2.76. The van der Waals surface area contributed by atoms with Crippen molar-refractivity contribution in [3.05, 3.63) is 161 Å². The van der Waals surface area contributed by atoms with Crippen LogP contribution in [0.3, 0.4) is 0 Å². The van der Waals surface area contributed by atoms with Crippen LogP contribution in [0, 0.1) is 0 Å². The average Bonchev–Trinajstić information content (AvgIpc) is 3.15. The Hall–Kier alpha value is -6.13. The van der Waals surface area contributed by atoms with Gasteiger partial charge in [0.15, 0.2) is 0 Å². The first-order valence-corrected chi connectivity index (χ1v) is 16.7. The largest absolute Gasteiger partial charge is 0.493 e. The van der Waals surface area contributed by atoms with Crippen molar-refractivity contribution in [1.29, 1.82) is 0 Å². The molecule has 0 aromatic heterocycles. The lowest BCUT2D eigenvalue weighted by Gasteiger charge is -2.19. The van der Waals surface area contributed by atoms with Crippen molar-refractivity contribution >= 4 is 52.9 Å². The number of para-hydroxylation sites is 2. The number of ether oxygens (including phenoxy) is 2. The predicted octanol–water partition coefficient (Wildman–Crippen LogP) is 7.75. The summed E-state index contributed by atoms with van der Waals surface area (Å²) in [5.74, 6) is -1.36. The van der Waals surface area contributed by atoms with Gasteiger partial charge in [0.05, 0.1) is 25.0 Å². The number of carbonyl (C=O) groups is 4. The van der Waals surface area contributed by atoms with E-state index in [0.29, 0.717) is 39.8 Å². The van der Waals surface area contributed by atoms with E-state index in [-0.39, 0.29) is 17.2 Å². The predicted molar refractivity (Wildman–Crippen MR) is 196 cm³/mol. The minimum absolute atomic E-state index is 0.00914. The van der Waals surface area contributed by atoms with Gasteiger partial charge in [-0.3, -0.25) is 14.4 Å². The van der Waals surface area contributed by atoms with Crippen LogP contribution in [0.25, 0.3) is 6.08 Å². The molecule has 0 bridgehead atoms. The number of anilines is 2. The number of hydrogen-bond acceptors (Lipinski definition) is 7. The van der Waals surface area contributed by atoms with Gasteiger partial charge >= 0.3 is 5.97 Å². The van der Waals surface area contributed by atoms with E-state index in [1.54, 1.807) is 91.0 Å². The molecule has 0 saturated heterocycles. The SMILES string of the molecule is CCOc1ccccc1/C=C(/NC(=O)c1ccccc1)C(=O)Nc1cccc(SC(C(=O)Nc2ccccc2C(=O)OC)c2ccccc2)c1. The fourth-order valence-electron chi connectivity index (χ4n) is 4.95. The maximum atomic E-state index is 13.8. The van der Waals surface area contributed by atoms with Crippen molar-refractivity contribution < 1.29 is 28.7 Å². The van der Waals surface area contributed by atoms with Gasteiger partial charge in [-0.05, 0) is 67.1 Å². The molecule has 252 valence electrons. The minimum Gasteiger partial charge on any atom is -0.493 e. The molecule has 0 saturated carbocycles. The minimum atomic E-state index is -0.719. The normalized spacial score (nSPS) is 11.5. The Balaban J connectivity index is 1.41. The third kappa shape index (κ3) is 9.27. The van der Waals surface area contributed by atoms with Crippen LogP contribution in [-0.2, 0) is 14.3 Å². The quantitative estimate of drug-likeness (QED) is 0.0658. The van der Waals surface area contributed by atoms with Gasteiger partial charge in [-0.2, -0.15) is 0 Å². The van der Waals surface area contributed by atoms with Crippen molar-refractivity contribution in [3.63, 3.8) is 0 Å². The van der Waals surface area contributed by atoms with Gasteiger partial charge in [0, 0.05) is 21.7 Å². The third-order valence-corrected chi connectivity index (χ3v) is 8.57. The molecule has 9 nitrogen and oxygen atoms in total. The smallest absolute Gasteiger partial charge is 0.339 e. The van der Waals surface area contributed by atoms with Crippen LogP contribution in [0.2, 0.25) is 0 Å². The molecular weight excluding hydrogens is 651 g/mol. The number of thioether (sulfide) groups is 1. The second-order valence-electron chi connectivity index (χ2n) is 10.8. The summed E-state index contributed by atoms with van der Waals surface area (Å²) in [6.07, 6.45) is 1.57. The van der Waals surface area contributed by atoms with Crippen molar-refractivity contribution in [2.45, 2.75) is 17.1 Å². The summed E-state index contributed by atoms with van der Waals surface area (Å²) in [6, 6.07) is 38.8. The first kappa shape index (κ1) is 35.2. The fraction of sp³-hybridized carbons (Fsp3) is 0.100. The highest BCUT2D eigenvalue weighted by Crippen LogP contribution is 2.37. The first-order valence-electron chi connectivity index (χ1n) is 15.8. The van der Waals surface area contributed by atoms with Crippen LogP contribution in [0.4, 0.5) is 11.4 Å². The Kier molecular flexibility index (Phi) is 12.2. The molecule has 0 spiro atoms. The number of carbonyl (C=O) groups excluding carboxylic acids is 4. The standard InChI is InChI=1S/C40H35N3O6S/c1-3-49-35-24-13-10-19-29(35)25-34(43-37(44)28-17-8-5-9-18-28)38(45)41-30-20-14-21-31(26-30)50-36(27-15-6-4-7-16-27)39(46)42-33-23-12-11-22-32(33)40(47)48-2/h4-26,36H,3H2,1-2H3,(H,41,45)(H,42,46)(H,43,44)/b34-25+. The topological polar surface area (TPSA) is 123 Å². The Morgan fingerprint density at radius 2 is 1.44 bits per heavy atom. The molecule has 5 aromatic carbocycles. The number of benzene rings is 5. The Morgan fingerprint density at radius 3 is 2.18 bits per heavy atom. The summed E-state index contributed by atoms with van der Waals surface area (Å²) in [5, 5.41) is 7.82. The lowest BCUT2D eigenvalue weighted by atomic mass is 10.1. The monoisotopic (exact) mass is 685 g/mol. The van der Waals surface area contributed by atoms with Crippen LogP contribution >= 0.6 is 11.8 Å². The van der Waals surface area contributed by atoms with E-state index < -0.39 is 23.0 Å². The number of amides is 3. The van der Waals surface area contributed by atoms with E-state index in [9.17, 15) is 19.2 Å². The van der Waals surface area contributed by atoms with Gasteiger partial charge in [-0.25, -0.2) is 4.79 Å². The van der Waals surface area contributed by atoms with Gasteiger partial charge in [-0.15, -0.1) is 11.8 Å². The molecule has 0 heterocycles. The van der Waals surface area contributed by atoms with E-state index in [4.69, 9.17) is 9.47 Å². The summed E-state index contributed by atoms with van der Waals surface area (Å²) >= 11 is 1.28. The summed E-state index contributed by atoms with van der Waals surface area (Å²) in [6.45, 7) is 2.29. The van der Waals surface area contributed by atoms with Crippen LogP contribution in [0.1, 0.15) is 44.0 Å². The van der Waals surface area contributed by atoms with E-state index in [1.807, 2.05) is 55.5 Å². The van der Waals surface area contributed by atoms with Gasteiger partial charge in [-0.1, -0.05) is 84.9 Å². The summed E-state index contributed by atoms with van der Waals surface area (Å²) in [4.78, 5) is 53.8. The highest BCUT2D eigenvalue weighted by Gasteiger charge is 2.24. The zero-order chi connectivity index (χ0) is 35.3. The van der Waals surface area contributed by atoms with Crippen molar-refractivity contribution in [1.82, 2.24) is 5.32 Å². The summed E-state index contributed by atoms with van der Waals surface area (Å²) in [7, 11) is 1.28. The number of esters is 1. The molecule has 0 fully saturated rings. The van der Waals surface area contributed by atoms with Crippen molar-refractivity contribution in [2.24, 2.45) is 0 Å². The summed E-state index contributed by atoms with van der Waals surface area (Å²) < 4.78 is 10.6. The van der Waals surface area contributed by atoms with Crippen molar-refractivity contribution in [3.8, 4) is 5.75 Å². The number of methoxy groups -OCH3 is 1. The molecule has 5 aromatic rings. The Bertz CT molecular complexity index is 2000. The maximum Gasteiger partial charge on any atom is 0.339 e. The van der Waals surface area contributed by atoms with Crippen LogP contribution < -0.4 is 20.7 Å². The van der Waals surface area contributed by atoms with Gasteiger partial charge in [0.1, 0.15) is 16.7 Å². The lowest BCUT2D eigenvalue weighted by Crippen LogP contribution is -2.30. The molecule has 3 N–H and O–H groups in total. The van der Waals surface area contributed by atoms with Crippen molar-refractivity contribution in [2.75, 3.05) is 24.4 Å². The van der Waals surface area contributed by atoms with Crippen LogP contribution in [0.15, 0.2) is 144 Å².